The molecule has 7 heteroatoms. The molecule has 0 fully saturated rings. The van der Waals surface area contributed by atoms with Crippen LogP contribution in [0.3, 0.4) is 0 Å². The zero-order valence-electron chi connectivity index (χ0n) is 16.0. The van der Waals surface area contributed by atoms with E-state index in [1.54, 1.807) is 23.3 Å². The molecule has 6 nitrogen and oxygen atoms in total. The minimum Gasteiger partial charge on any atom is -0.490 e. The van der Waals surface area contributed by atoms with Gasteiger partial charge < -0.3 is 19.9 Å². The third kappa shape index (κ3) is 6.00. The van der Waals surface area contributed by atoms with Gasteiger partial charge in [0.2, 0.25) is 0 Å². The van der Waals surface area contributed by atoms with Gasteiger partial charge in [0, 0.05) is 19.0 Å². The minimum absolute atomic E-state index is 0.185. The van der Waals surface area contributed by atoms with Crippen LogP contribution in [-0.2, 0) is 6.54 Å². The van der Waals surface area contributed by atoms with Gasteiger partial charge in [-0.05, 0) is 32.1 Å². The first-order valence-corrected chi connectivity index (χ1v) is 9.78. The number of carbonyl (C=O) groups excluding carboxylic acids is 1. The fourth-order valence-electron chi connectivity index (χ4n) is 2.53. The smallest absolute Gasteiger partial charge is 0.322 e. The molecule has 0 saturated heterocycles. The van der Waals surface area contributed by atoms with E-state index in [2.05, 4.69) is 29.0 Å². The standard InChI is InChI=1S/C19H28N4O2S/c1-5-23(6-2)11-12-25-18-10-8-7-9-17(18)21-19(24)22(4)13-16-14-26-15(3)20-16/h7-10,14H,5-6,11-13H2,1-4H3,(H,21,24). The maximum atomic E-state index is 12.5. The molecule has 1 aromatic heterocycles. The number of nitrogens with one attached hydrogen (secondary N) is 1. The van der Waals surface area contributed by atoms with Gasteiger partial charge in [-0.15, -0.1) is 11.3 Å². The second kappa shape index (κ2) is 10.1. The summed E-state index contributed by atoms with van der Waals surface area (Å²) in [6.45, 7) is 10.1. The summed E-state index contributed by atoms with van der Waals surface area (Å²) in [5.41, 5.74) is 1.58. The first-order valence-electron chi connectivity index (χ1n) is 8.90. The van der Waals surface area contributed by atoms with Crippen molar-refractivity contribution >= 4 is 23.1 Å². The van der Waals surface area contributed by atoms with Crippen molar-refractivity contribution in [1.29, 1.82) is 0 Å². The molecule has 1 N–H and O–H groups in total. The summed E-state index contributed by atoms with van der Waals surface area (Å²) < 4.78 is 5.89. The number of ether oxygens (including phenoxy) is 1. The number of aryl methyl sites for hydroxylation is 1. The number of anilines is 1. The van der Waals surface area contributed by atoms with Crippen molar-refractivity contribution in [2.45, 2.75) is 27.3 Å². The number of rotatable bonds is 9. The van der Waals surface area contributed by atoms with E-state index in [1.165, 1.54) is 0 Å². The molecule has 0 saturated carbocycles. The topological polar surface area (TPSA) is 57.7 Å². The number of benzene rings is 1. The molecule has 2 rings (SSSR count). The molecule has 0 aliphatic rings. The Bertz CT molecular complexity index is 700. The molecule has 0 bridgehead atoms. The number of para-hydroxylation sites is 2. The Morgan fingerprint density at radius 3 is 2.65 bits per heavy atom. The lowest BCUT2D eigenvalue weighted by atomic mass is 10.3. The highest BCUT2D eigenvalue weighted by Crippen LogP contribution is 2.24. The molecule has 1 aromatic carbocycles. The van der Waals surface area contributed by atoms with Gasteiger partial charge in [-0.3, -0.25) is 0 Å². The molecular weight excluding hydrogens is 348 g/mol. The van der Waals surface area contributed by atoms with Gasteiger partial charge in [-0.25, -0.2) is 9.78 Å². The molecule has 0 aliphatic heterocycles. The second-order valence-corrected chi connectivity index (χ2v) is 7.08. The van der Waals surface area contributed by atoms with E-state index in [-0.39, 0.29) is 6.03 Å². The highest BCUT2D eigenvalue weighted by Gasteiger charge is 2.13. The molecular formula is C19H28N4O2S. The van der Waals surface area contributed by atoms with Crippen LogP contribution in [0.15, 0.2) is 29.6 Å². The van der Waals surface area contributed by atoms with Crippen molar-refractivity contribution in [1.82, 2.24) is 14.8 Å². The number of nitrogens with zero attached hydrogens (tertiary/aromatic N) is 3. The zero-order chi connectivity index (χ0) is 18.9. The Kier molecular flexibility index (Phi) is 7.87. The largest absolute Gasteiger partial charge is 0.490 e. The lowest BCUT2D eigenvalue weighted by Gasteiger charge is -2.20. The van der Waals surface area contributed by atoms with Crippen molar-refractivity contribution < 1.29 is 9.53 Å². The summed E-state index contributed by atoms with van der Waals surface area (Å²) >= 11 is 1.59. The average Bonchev–Trinajstić information content (AvgIpc) is 3.04. The first kappa shape index (κ1) is 20.2. The molecule has 0 atom stereocenters. The summed E-state index contributed by atoms with van der Waals surface area (Å²) in [4.78, 5) is 20.8. The molecule has 0 unspecified atom stereocenters. The highest BCUT2D eigenvalue weighted by atomic mass is 32.1. The SMILES string of the molecule is CCN(CC)CCOc1ccccc1NC(=O)N(C)Cc1csc(C)n1. The van der Waals surface area contributed by atoms with Crippen LogP contribution in [0, 0.1) is 6.92 Å². The Labute approximate surface area is 159 Å². The predicted molar refractivity (Wildman–Crippen MR) is 107 cm³/mol. The second-order valence-electron chi connectivity index (χ2n) is 6.02. The zero-order valence-corrected chi connectivity index (χ0v) is 16.8. The van der Waals surface area contributed by atoms with Crippen LogP contribution in [0.1, 0.15) is 24.5 Å². The van der Waals surface area contributed by atoms with Gasteiger partial charge in [0.05, 0.1) is 22.9 Å². The van der Waals surface area contributed by atoms with E-state index in [0.717, 1.165) is 30.3 Å². The van der Waals surface area contributed by atoms with Gasteiger partial charge >= 0.3 is 6.03 Å². The molecule has 0 aliphatic carbocycles. The Balaban J connectivity index is 1.92. The van der Waals surface area contributed by atoms with Gasteiger partial charge in [-0.2, -0.15) is 0 Å². The molecule has 0 spiro atoms. The Morgan fingerprint density at radius 2 is 2.00 bits per heavy atom. The van der Waals surface area contributed by atoms with E-state index in [1.807, 2.05) is 36.6 Å². The number of aromatic nitrogens is 1. The number of hydrogen-bond donors (Lipinski definition) is 1. The van der Waals surface area contributed by atoms with Gasteiger partial charge in [0.15, 0.2) is 0 Å². The number of urea groups is 1. The monoisotopic (exact) mass is 376 g/mol. The number of carbonyl (C=O) groups is 1. The van der Waals surface area contributed by atoms with E-state index in [4.69, 9.17) is 4.74 Å². The summed E-state index contributed by atoms with van der Waals surface area (Å²) in [7, 11) is 1.76. The van der Waals surface area contributed by atoms with Crippen molar-refractivity contribution in [3.63, 3.8) is 0 Å². The number of likely N-dealkylation sites (N-methyl/N-ethyl adjacent to an activating group) is 1. The third-order valence-corrected chi connectivity index (χ3v) is 4.92. The van der Waals surface area contributed by atoms with Crippen molar-refractivity contribution in [3.05, 3.63) is 40.3 Å². The first-order chi connectivity index (χ1) is 12.5. The van der Waals surface area contributed by atoms with Crippen LogP contribution in [-0.4, -0.2) is 54.1 Å². The normalized spacial score (nSPS) is 10.8. The van der Waals surface area contributed by atoms with E-state index >= 15 is 0 Å². The van der Waals surface area contributed by atoms with Gasteiger partial charge in [-0.1, -0.05) is 26.0 Å². The van der Waals surface area contributed by atoms with Crippen molar-refractivity contribution in [2.75, 3.05) is 38.6 Å². The van der Waals surface area contributed by atoms with Gasteiger partial charge in [0.25, 0.3) is 0 Å². The Hall–Kier alpha value is -2.12. The maximum absolute atomic E-state index is 12.5. The fourth-order valence-corrected chi connectivity index (χ4v) is 3.13. The Morgan fingerprint density at radius 1 is 1.27 bits per heavy atom. The quantitative estimate of drug-likeness (QED) is 0.722. The molecule has 0 radical (unpaired) electrons. The molecule has 2 amide bonds. The molecule has 26 heavy (non-hydrogen) atoms. The molecule has 2 aromatic rings. The van der Waals surface area contributed by atoms with Gasteiger partial charge in [0.1, 0.15) is 12.4 Å². The minimum atomic E-state index is -0.185. The summed E-state index contributed by atoms with van der Waals surface area (Å²) in [6.07, 6.45) is 0. The summed E-state index contributed by atoms with van der Waals surface area (Å²) in [5.74, 6) is 0.686. The van der Waals surface area contributed by atoms with Crippen LogP contribution >= 0.6 is 11.3 Å². The van der Waals surface area contributed by atoms with Crippen LogP contribution in [0.4, 0.5) is 10.5 Å². The number of amides is 2. The van der Waals surface area contributed by atoms with Crippen molar-refractivity contribution in [3.8, 4) is 5.75 Å². The number of hydrogen-bond acceptors (Lipinski definition) is 5. The van der Waals surface area contributed by atoms with Crippen LogP contribution in [0.25, 0.3) is 0 Å². The highest BCUT2D eigenvalue weighted by molar-refractivity contribution is 7.09. The average molecular weight is 377 g/mol. The van der Waals surface area contributed by atoms with E-state index in [9.17, 15) is 4.79 Å². The third-order valence-electron chi connectivity index (χ3n) is 4.10. The fraction of sp³-hybridized carbons (Fsp3) is 0.474. The van der Waals surface area contributed by atoms with Crippen LogP contribution in [0.2, 0.25) is 0 Å². The lowest BCUT2D eigenvalue weighted by Crippen LogP contribution is -2.31. The van der Waals surface area contributed by atoms with Crippen LogP contribution in [0.5, 0.6) is 5.75 Å². The molecule has 142 valence electrons. The predicted octanol–water partition coefficient (Wildman–Crippen LogP) is 3.84. The van der Waals surface area contributed by atoms with Crippen molar-refractivity contribution in [2.24, 2.45) is 0 Å². The van der Waals surface area contributed by atoms with Crippen LogP contribution < -0.4 is 10.1 Å². The van der Waals surface area contributed by atoms with E-state index in [0.29, 0.717) is 24.6 Å². The molecule has 1 heterocycles. The summed E-state index contributed by atoms with van der Waals surface area (Å²) in [6, 6.07) is 7.34. The lowest BCUT2D eigenvalue weighted by molar-refractivity contribution is 0.218. The van der Waals surface area contributed by atoms with E-state index < -0.39 is 0 Å². The maximum Gasteiger partial charge on any atom is 0.322 e. The summed E-state index contributed by atoms with van der Waals surface area (Å²) in [5, 5.41) is 5.90. The number of thiazole rings is 1.